The number of ether oxygens (including phenoxy) is 1. The Hall–Kier alpha value is -2.84. The molecular formula is C25H29N5O2S. The van der Waals surface area contributed by atoms with Crippen LogP contribution in [-0.2, 0) is 6.42 Å². The van der Waals surface area contributed by atoms with Crippen LogP contribution in [0, 0.1) is 6.92 Å². The van der Waals surface area contributed by atoms with Gasteiger partial charge in [-0.25, -0.2) is 4.98 Å². The first-order valence-corrected chi connectivity index (χ1v) is 12.5. The molecule has 3 unspecified atom stereocenters. The van der Waals surface area contributed by atoms with E-state index in [4.69, 9.17) is 4.74 Å². The number of anilines is 2. The van der Waals surface area contributed by atoms with Gasteiger partial charge < -0.3 is 25.6 Å². The maximum atomic E-state index is 13.2. The van der Waals surface area contributed by atoms with Gasteiger partial charge >= 0.3 is 0 Å². The largest absolute Gasteiger partial charge is 0.491 e. The first-order valence-electron chi connectivity index (χ1n) is 11.7. The molecule has 1 amide bonds. The first kappa shape index (κ1) is 20.7. The van der Waals surface area contributed by atoms with E-state index in [1.807, 2.05) is 26.1 Å². The fraction of sp³-hybridized carbons (Fsp3) is 0.440. The zero-order valence-electron chi connectivity index (χ0n) is 19.0. The van der Waals surface area contributed by atoms with Gasteiger partial charge in [0.25, 0.3) is 5.91 Å². The average molecular weight is 464 g/mol. The number of hydrogen-bond donors (Lipinski definition) is 3. The molecule has 2 aromatic heterocycles. The Morgan fingerprint density at radius 2 is 2.03 bits per heavy atom. The van der Waals surface area contributed by atoms with Gasteiger partial charge in [-0.3, -0.25) is 4.79 Å². The summed E-state index contributed by atoms with van der Waals surface area (Å²) < 4.78 is 6.12. The lowest BCUT2D eigenvalue weighted by molar-refractivity contribution is 0.0920. The molecule has 33 heavy (non-hydrogen) atoms. The second-order valence-electron chi connectivity index (χ2n) is 9.38. The van der Waals surface area contributed by atoms with Gasteiger partial charge in [-0.05, 0) is 49.9 Å². The van der Waals surface area contributed by atoms with E-state index in [0.29, 0.717) is 23.6 Å². The molecule has 3 atom stereocenters. The van der Waals surface area contributed by atoms with Crippen LogP contribution in [0.2, 0.25) is 0 Å². The van der Waals surface area contributed by atoms with Gasteiger partial charge in [0.1, 0.15) is 22.1 Å². The predicted octanol–water partition coefficient (Wildman–Crippen LogP) is 3.32. The quantitative estimate of drug-likeness (QED) is 0.551. The van der Waals surface area contributed by atoms with Crippen molar-refractivity contribution < 1.29 is 9.53 Å². The first-order chi connectivity index (χ1) is 16.1. The topological polar surface area (TPSA) is 78.5 Å². The van der Waals surface area contributed by atoms with Crippen LogP contribution < -0.4 is 25.6 Å². The number of benzene rings is 1. The molecule has 172 valence electrons. The number of amides is 1. The van der Waals surface area contributed by atoms with Gasteiger partial charge in [0.2, 0.25) is 0 Å². The standard InChI is InChI=1S/C25H29N5O2S/c1-14-3-8-20-22(26-2)23(33-25(20)27-14)24(31)29-18-9-15-4-7-19(10-21(15)32-13-18)30-11-16-5-6-17(12-30)28-16/h3-4,7-8,10,16-18,26,28H,5-6,9,11-13H2,1-2H3,(H,29,31). The third-order valence-corrected chi connectivity index (χ3v) is 8.12. The fourth-order valence-electron chi connectivity index (χ4n) is 5.39. The van der Waals surface area contributed by atoms with Crippen molar-refractivity contribution in [3.05, 3.63) is 46.5 Å². The summed E-state index contributed by atoms with van der Waals surface area (Å²) >= 11 is 1.43. The Labute approximate surface area is 197 Å². The molecule has 2 fully saturated rings. The number of carbonyl (C=O) groups excluding carboxylic acids is 1. The Balaban J connectivity index is 1.17. The molecule has 3 aliphatic heterocycles. The highest BCUT2D eigenvalue weighted by Gasteiger charge is 2.33. The van der Waals surface area contributed by atoms with Crippen molar-refractivity contribution in [2.75, 3.05) is 37.0 Å². The van der Waals surface area contributed by atoms with Crippen LogP contribution in [0.3, 0.4) is 0 Å². The van der Waals surface area contributed by atoms with Crippen LogP contribution in [-0.4, -0.2) is 55.8 Å². The molecule has 2 bridgehead atoms. The summed E-state index contributed by atoms with van der Waals surface area (Å²) in [6.07, 6.45) is 3.31. The average Bonchev–Trinajstić information content (AvgIpc) is 3.36. The Bertz CT molecular complexity index is 1210. The zero-order chi connectivity index (χ0) is 22.5. The minimum atomic E-state index is -0.0787. The van der Waals surface area contributed by atoms with Crippen molar-refractivity contribution in [3.63, 3.8) is 0 Å². The molecule has 7 nitrogen and oxygen atoms in total. The highest BCUT2D eigenvalue weighted by Crippen LogP contribution is 2.36. The number of hydrogen-bond acceptors (Lipinski definition) is 7. The zero-order valence-corrected chi connectivity index (χ0v) is 19.8. The summed E-state index contributed by atoms with van der Waals surface area (Å²) in [6, 6.07) is 11.7. The highest BCUT2D eigenvalue weighted by molar-refractivity contribution is 7.21. The van der Waals surface area contributed by atoms with E-state index in [2.05, 4.69) is 44.0 Å². The van der Waals surface area contributed by atoms with Gasteiger partial charge in [0.05, 0.1) is 11.7 Å². The maximum absolute atomic E-state index is 13.2. The molecule has 0 radical (unpaired) electrons. The molecule has 8 heteroatoms. The van der Waals surface area contributed by atoms with Crippen molar-refractivity contribution in [2.45, 2.75) is 44.3 Å². The predicted molar refractivity (Wildman–Crippen MR) is 133 cm³/mol. The molecule has 1 aromatic carbocycles. The lowest BCUT2D eigenvalue weighted by Crippen LogP contribution is -2.51. The van der Waals surface area contributed by atoms with Gasteiger partial charge in [-0.2, -0.15) is 0 Å². The Morgan fingerprint density at radius 1 is 1.21 bits per heavy atom. The lowest BCUT2D eigenvalue weighted by atomic mass is 10.0. The summed E-state index contributed by atoms with van der Waals surface area (Å²) in [5, 5.41) is 11.0. The second-order valence-corrected chi connectivity index (χ2v) is 10.4. The number of pyridine rings is 1. The van der Waals surface area contributed by atoms with Gasteiger partial charge in [0.15, 0.2) is 0 Å². The Morgan fingerprint density at radius 3 is 2.82 bits per heavy atom. The maximum Gasteiger partial charge on any atom is 0.263 e. The molecule has 5 heterocycles. The van der Waals surface area contributed by atoms with Crippen LogP contribution in [0.5, 0.6) is 5.75 Å². The normalized spacial score (nSPS) is 23.8. The van der Waals surface area contributed by atoms with Crippen LogP contribution in [0.15, 0.2) is 30.3 Å². The van der Waals surface area contributed by atoms with Crippen LogP contribution >= 0.6 is 11.3 Å². The van der Waals surface area contributed by atoms with E-state index in [9.17, 15) is 4.79 Å². The summed E-state index contributed by atoms with van der Waals surface area (Å²) in [5.41, 5.74) is 4.17. The molecule has 0 saturated carbocycles. The number of carbonyl (C=O) groups is 1. The minimum absolute atomic E-state index is 0.0597. The summed E-state index contributed by atoms with van der Waals surface area (Å²) in [6.45, 7) is 4.56. The van der Waals surface area contributed by atoms with Crippen LogP contribution in [0.4, 0.5) is 11.4 Å². The number of piperazine rings is 1. The molecule has 0 spiro atoms. The van der Waals surface area contributed by atoms with E-state index in [-0.39, 0.29) is 11.9 Å². The molecule has 3 aliphatic rings. The van der Waals surface area contributed by atoms with Gasteiger partial charge in [-0.15, -0.1) is 11.3 Å². The number of rotatable bonds is 4. The summed E-state index contributed by atoms with van der Waals surface area (Å²) in [7, 11) is 1.85. The smallest absolute Gasteiger partial charge is 0.263 e. The van der Waals surface area contributed by atoms with E-state index in [1.54, 1.807) is 0 Å². The third kappa shape index (κ3) is 3.81. The number of aryl methyl sites for hydroxylation is 1. The Kier molecular flexibility index (Phi) is 5.14. The van der Waals surface area contributed by atoms with Gasteiger partial charge in [0, 0.05) is 55.1 Å². The summed E-state index contributed by atoms with van der Waals surface area (Å²) in [4.78, 5) is 21.8. The van der Waals surface area contributed by atoms with E-state index >= 15 is 0 Å². The summed E-state index contributed by atoms with van der Waals surface area (Å²) in [5.74, 6) is 0.867. The molecule has 3 N–H and O–H groups in total. The van der Waals surface area contributed by atoms with Crippen molar-refractivity contribution in [1.29, 1.82) is 0 Å². The van der Waals surface area contributed by atoms with Crippen LogP contribution in [0.1, 0.15) is 33.8 Å². The van der Waals surface area contributed by atoms with Crippen molar-refractivity contribution >= 4 is 38.8 Å². The van der Waals surface area contributed by atoms with E-state index in [1.165, 1.54) is 29.9 Å². The number of fused-ring (bicyclic) bond motifs is 4. The second kappa shape index (κ2) is 8.18. The number of nitrogens with one attached hydrogen (secondary N) is 3. The molecule has 2 saturated heterocycles. The fourth-order valence-corrected chi connectivity index (χ4v) is 6.52. The van der Waals surface area contributed by atoms with Crippen molar-refractivity contribution in [3.8, 4) is 5.75 Å². The van der Waals surface area contributed by atoms with E-state index < -0.39 is 0 Å². The highest BCUT2D eigenvalue weighted by atomic mass is 32.1. The SMILES string of the molecule is CNc1c(C(=O)NC2COc3cc(N4CC5CCC(C4)N5)ccc3C2)sc2nc(C)ccc12. The monoisotopic (exact) mass is 463 g/mol. The third-order valence-electron chi connectivity index (χ3n) is 7.02. The molecular weight excluding hydrogens is 434 g/mol. The number of nitrogens with zero attached hydrogens (tertiary/aromatic N) is 2. The van der Waals surface area contributed by atoms with Crippen molar-refractivity contribution in [1.82, 2.24) is 15.6 Å². The lowest BCUT2D eigenvalue weighted by Gasteiger charge is -2.35. The number of thiophene rings is 1. The van der Waals surface area contributed by atoms with Crippen molar-refractivity contribution in [2.24, 2.45) is 0 Å². The molecule has 0 aliphatic carbocycles. The minimum Gasteiger partial charge on any atom is -0.491 e. The van der Waals surface area contributed by atoms with Gasteiger partial charge in [-0.1, -0.05) is 6.07 Å². The molecule has 3 aromatic rings. The van der Waals surface area contributed by atoms with E-state index in [0.717, 1.165) is 52.4 Å². The van der Waals surface area contributed by atoms with Crippen LogP contribution in [0.25, 0.3) is 10.2 Å². The molecule has 6 rings (SSSR count). The number of aromatic nitrogens is 1.